The molecule has 1 aliphatic heterocycles. The van der Waals surface area contributed by atoms with Crippen LogP contribution < -0.4 is 5.32 Å². The van der Waals surface area contributed by atoms with Crippen molar-refractivity contribution >= 4 is 11.9 Å². The Labute approximate surface area is 167 Å². The Bertz CT molecular complexity index is 1080. The quantitative estimate of drug-likeness (QED) is 0.692. The summed E-state index contributed by atoms with van der Waals surface area (Å²) in [5.41, 5.74) is 0.531. The smallest absolute Gasteiger partial charge is 0.339 e. The molecule has 0 radical (unpaired) electrons. The monoisotopic (exact) mass is 393 g/mol. The third-order valence-corrected chi connectivity index (χ3v) is 5.16. The predicted molar refractivity (Wildman–Crippen MR) is 104 cm³/mol. The highest BCUT2D eigenvalue weighted by Crippen LogP contribution is 2.30. The molecule has 2 unspecified atom stereocenters. The van der Waals surface area contributed by atoms with Crippen LogP contribution in [0.4, 0.5) is 4.39 Å². The van der Waals surface area contributed by atoms with E-state index in [1.54, 1.807) is 48.1 Å². The highest BCUT2D eigenvalue weighted by atomic mass is 19.1. The number of aromatic nitrogens is 2. The normalized spacial score (nSPS) is 19.2. The van der Waals surface area contributed by atoms with Crippen LogP contribution in [0.5, 0.6) is 0 Å². The van der Waals surface area contributed by atoms with Crippen molar-refractivity contribution in [1.29, 1.82) is 0 Å². The number of benzene rings is 2. The van der Waals surface area contributed by atoms with Gasteiger partial charge in [0.2, 0.25) is 0 Å². The van der Waals surface area contributed by atoms with Crippen LogP contribution in [0.2, 0.25) is 0 Å². The van der Waals surface area contributed by atoms with Gasteiger partial charge in [0.25, 0.3) is 5.91 Å². The summed E-state index contributed by atoms with van der Waals surface area (Å²) in [6.07, 6.45) is 3.64. The van der Waals surface area contributed by atoms with Crippen LogP contribution in [0.3, 0.4) is 0 Å². The van der Waals surface area contributed by atoms with Crippen LogP contribution in [0, 0.1) is 5.82 Å². The van der Waals surface area contributed by atoms with E-state index in [1.165, 1.54) is 12.1 Å². The molecule has 6 nitrogen and oxygen atoms in total. The zero-order chi connectivity index (χ0) is 20.6. The van der Waals surface area contributed by atoms with Crippen molar-refractivity contribution in [3.05, 3.63) is 89.3 Å². The van der Waals surface area contributed by atoms with Crippen molar-refractivity contribution in [2.45, 2.75) is 25.0 Å². The number of hydrogen-bond acceptors (Lipinski definition) is 4. The molecule has 0 aliphatic carbocycles. The first-order valence-corrected chi connectivity index (χ1v) is 9.22. The number of amides is 1. The molecule has 3 aromatic rings. The molecule has 1 aliphatic rings. The van der Waals surface area contributed by atoms with E-state index >= 15 is 0 Å². The van der Waals surface area contributed by atoms with E-state index in [0.29, 0.717) is 17.0 Å². The zero-order valence-corrected chi connectivity index (χ0v) is 16.1. The van der Waals surface area contributed by atoms with E-state index in [2.05, 4.69) is 10.3 Å². The van der Waals surface area contributed by atoms with Crippen LogP contribution in [-0.4, -0.2) is 27.0 Å². The van der Waals surface area contributed by atoms with E-state index in [1.807, 2.05) is 19.2 Å². The highest BCUT2D eigenvalue weighted by molar-refractivity contribution is 5.97. The maximum Gasteiger partial charge on any atom is 0.339 e. The Hall–Kier alpha value is -3.48. The lowest BCUT2D eigenvalue weighted by atomic mass is 9.89. The van der Waals surface area contributed by atoms with Gasteiger partial charge in [-0.05, 0) is 36.2 Å². The number of cyclic esters (lactones) is 1. The average molecular weight is 393 g/mol. The molecule has 2 aromatic carbocycles. The molecule has 29 heavy (non-hydrogen) atoms. The molecular formula is C22H20FN3O3. The number of ether oxygens (including phenoxy) is 1. The van der Waals surface area contributed by atoms with Crippen LogP contribution >= 0.6 is 0 Å². The fraction of sp³-hybridized carbons (Fsp3) is 0.227. The van der Waals surface area contributed by atoms with Gasteiger partial charge in [-0.3, -0.25) is 4.79 Å². The van der Waals surface area contributed by atoms with Crippen LogP contribution in [-0.2, 0) is 23.0 Å². The molecule has 0 fully saturated rings. The van der Waals surface area contributed by atoms with Crippen molar-refractivity contribution in [1.82, 2.24) is 14.9 Å². The van der Waals surface area contributed by atoms with E-state index in [0.717, 1.165) is 5.56 Å². The number of carbonyl (C=O) groups excluding carboxylic acids is 2. The Morgan fingerprint density at radius 2 is 1.97 bits per heavy atom. The molecule has 148 valence electrons. The van der Waals surface area contributed by atoms with Gasteiger partial charge in [-0.2, -0.15) is 0 Å². The molecule has 1 aromatic heterocycles. The van der Waals surface area contributed by atoms with Gasteiger partial charge in [-0.25, -0.2) is 14.2 Å². The number of rotatable bonds is 4. The molecule has 2 heterocycles. The van der Waals surface area contributed by atoms with E-state index in [9.17, 15) is 14.0 Å². The highest BCUT2D eigenvalue weighted by Gasteiger charge is 2.43. The molecular weight excluding hydrogens is 373 g/mol. The van der Waals surface area contributed by atoms with E-state index in [-0.39, 0.29) is 12.2 Å². The number of imidazole rings is 1. The fourth-order valence-corrected chi connectivity index (χ4v) is 3.55. The number of esters is 1. The summed E-state index contributed by atoms with van der Waals surface area (Å²) in [4.78, 5) is 30.0. The maximum absolute atomic E-state index is 13.4. The molecule has 7 heteroatoms. The van der Waals surface area contributed by atoms with Crippen molar-refractivity contribution in [2.75, 3.05) is 0 Å². The number of carbonyl (C=O) groups is 2. The SMILES string of the molecule is Cn1ccnc1C(NC(=O)C1(C)Cc2ccccc2C(=O)O1)c1ccc(F)cc1. The topological polar surface area (TPSA) is 73.2 Å². The predicted octanol–water partition coefficient (Wildman–Crippen LogP) is 2.94. The van der Waals surface area contributed by atoms with E-state index < -0.39 is 23.5 Å². The first kappa shape index (κ1) is 18.9. The number of aryl methyl sites for hydroxylation is 1. The molecule has 1 amide bonds. The van der Waals surface area contributed by atoms with Gasteiger partial charge >= 0.3 is 5.97 Å². The summed E-state index contributed by atoms with van der Waals surface area (Å²) >= 11 is 0. The summed E-state index contributed by atoms with van der Waals surface area (Å²) in [5.74, 6) is -0.767. The lowest BCUT2D eigenvalue weighted by Gasteiger charge is -2.34. The average Bonchev–Trinajstić information content (AvgIpc) is 3.12. The molecule has 2 atom stereocenters. The molecule has 1 N–H and O–H groups in total. The van der Waals surface area contributed by atoms with Gasteiger partial charge in [-0.15, -0.1) is 0 Å². The van der Waals surface area contributed by atoms with Crippen molar-refractivity contribution in [2.24, 2.45) is 7.05 Å². The maximum atomic E-state index is 13.4. The first-order chi connectivity index (χ1) is 13.9. The Morgan fingerprint density at radius 3 is 2.66 bits per heavy atom. The summed E-state index contributed by atoms with van der Waals surface area (Å²) in [6.45, 7) is 1.59. The molecule has 0 saturated carbocycles. The number of halogens is 1. The second kappa shape index (κ2) is 7.16. The minimum atomic E-state index is -1.37. The number of fused-ring (bicyclic) bond motifs is 1. The Kier molecular flexibility index (Phi) is 4.66. The van der Waals surface area contributed by atoms with Crippen LogP contribution in [0.1, 0.15) is 40.3 Å². The van der Waals surface area contributed by atoms with Gasteiger partial charge in [0.1, 0.15) is 17.7 Å². The van der Waals surface area contributed by atoms with Crippen LogP contribution in [0.15, 0.2) is 60.9 Å². The molecule has 0 spiro atoms. The van der Waals surface area contributed by atoms with Gasteiger partial charge in [0.15, 0.2) is 5.60 Å². The lowest BCUT2D eigenvalue weighted by molar-refractivity contribution is -0.140. The molecule has 4 rings (SSSR count). The second-order valence-electron chi connectivity index (χ2n) is 7.31. The van der Waals surface area contributed by atoms with E-state index in [4.69, 9.17) is 4.74 Å². The number of nitrogens with zero attached hydrogens (tertiary/aromatic N) is 2. The van der Waals surface area contributed by atoms with Crippen molar-refractivity contribution in [3.63, 3.8) is 0 Å². The van der Waals surface area contributed by atoms with Gasteiger partial charge in [-0.1, -0.05) is 30.3 Å². The lowest BCUT2D eigenvalue weighted by Crippen LogP contribution is -2.52. The number of nitrogens with one attached hydrogen (secondary N) is 1. The van der Waals surface area contributed by atoms with Crippen molar-refractivity contribution in [3.8, 4) is 0 Å². The largest absolute Gasteiger partial charge is 0.445 e. The third kappa shape index (κ3) is 3.51. The molecule has 0 bridgehead atoms. The minimum Gasteiger partial charge on any atom is -0.445 e. The standard InChI is InChI=1S/C22H20FN3O3/c1-22(13-15-5-3-4-6-17(15)20(27)29-22)21(28)25-18(19-24-11-12-26(19)2)14-7-9-16(23)10-8-14/h3-12,18H,13H2,1-2H3,(H,25,28). The van der Waals surface area contributed by atoms with Crippen LogP contribution in [0.25, 0.3) is 0 Å². The summed E-state index contributed by atoms with van der Waals surface area (Å²) in [7, 11) is 1.81. The van der Waals surface area contributed by atoms with Gasteiger partial charge in [0, 0.05) is 25.9 Å². The fourth-order valence-electron chi connectivity index (χ4n) is 3.55. The second-order valence-corrected chi connectivity index (χ2v) is 7.31. The Balaban J connectivity index is 1.66. The summed E-state index contributed by atoms with van der Waals surface area (Å²) in [6, 6.07) is 12.3. The number of hydrogen-bond donors (Lipinski definition) is 1. The van der Waals surface area contributed by atoms with Crippen molar-refractivity contribution < 1.29 is 18.7 Å². The minimum absolute atomic E-state index is 0.261. The van der Waals surface area contributed by atoms with Gasteiger partial charge in [0.05, 0.1) is 5.56 Å². The summed E-state index contributed by atoms with van der Waals surface area (Å²) in [5, 5.41) is 2.94. The molecule has 0 saturated heterocycles. The Morgan fingerprint density at radius 1 is 1.24 bits per heavy atom. The third-order valence-electron chi connectivity index (χ3n) is 5.16. The zero-order valence-electron chi connectivity index (χ0n) is 16.1. The first-order valence-electron chi connectivity index (χ1n) is 9.22. The van der Waals surface area contributed by atoms with Gasteiger partial charge < -0.3 is 14.6 Å². The summed E-state index contributed by atoms with van der Waals surface area (Å²) < 4.78 is 20.7.